The standard InChI is InChI=1S/C21H25F2N5O2/c1-20(13-26-27-24)15-28(19(29)30-20)21(14-25-12-4-11-22)9-7-16(8-10-21)17-5-2-3-6-18(17)23/h2-3,5-9,25H,4,10-15H2,1H3/t20-,21?/m0/s1. The van der Waals surface area contributed by atoms with E-state index < -0.39 is 23.9 Å². The van der Waals surface area contributed by atoms with Gasteiger partial charge in [-0.2, -0.15) is 0 Å². The monoisotopic (exact) mass is 417 g/mol. The third kappa shape index (κ3) is 4.63. The van der Waals surface area contributed by atoms with Crippen molar-refractivity contribution in [3.05, 3.63) is 64.3 Å². The summed E-state index contributed by atoms with van der Waals surface area (Å²) in [6.45, 7) is 2.41. The number of rotatable bonds is 9. The predicted octanol–water partition coefficient (Wildman–Crippen LogP) is 4.38. The molecule has 1 aromatic carbocycles. The average Bonchev–Trinajstić information content (AvgIpc) is 3.06. The predicted molar refractivity (Wildman–Crippen MR) is 110 cm³/mol. The Bertz CT molecular complexity index is 899. The van der Waals surface area contributed by atoms with Gasteiger partial charge in [0.1, 0.15) is 11.4 Å². The molecule has 0 radical (unpaired) electrons. The largest absolute Gasteiger partial charge is 0.441 e. The number of amides is 1. The summed E-state index contributed by atoms with van der Waals surface area (Å²) in [6, 6.07) is 6.52. The molecule has 2 atom stereocenters. The fourth-order valence-electron chi connectivity index (χ4n) is 3.79. The summed E-state index contributed by atoms with van der Waals surface area (Å²) in [7, 11) is 0. The fourth-order valence-corrected chi connectivity index (χ4v) is 3.79. The molecule has 2 aliphatic rings. The van der Waals surface area contributed by atoms with E-state index in [1.54, 1.807) is 36.1 Å². The van der Waals surface area contributed by atoms with Gasteiger partial charge in [0.15, 0.2) is 0 Å². The van der Waals surface area contributed by atoms with Gasteiger partial charge in [-0.3, -0.25) is 9.29 Å². The highest BCUT2D eigenvalue weighted by molar-refractivity contribution is 5.78. The third-order valence-corrected chi connectivity index (χ3v) is 5.40. The number of allylic oxidation sites excluding steroid dienone is 2. The summed E-state index contributed by atoms with van der Waals surface area (Å²) in [5, 5.41) is 6.76. The van der Waals surface area contributed by atoms with Crippen LogP contribution in [-0.4, -0.2) is 55.0 Å². The number of azide groups is 1. The number of halogens is 2. The Balaban J connectivity index is 1.85. The molecule has 0 saturated carbocycles. The second kappa shape index (κ2) is 9.28. The SMILES string of the molecule is C[C@]1(CN=[N+]=[N-])CN(C2(CNCCCF)C=CC(c3ccccc3F)=CC2)C(=O)O1. The maximum atomic E-state index is 14.2. The minimum atomic E-state index is -0.932. The van der Waals surface area contributed by atoms with E-state index in [2.05, 4.69) is 15.3 Å². The molecule has 0 aromatic heterocycles. The van der Waals surface area contributed by atoms with E-state index in [1.165, 1.54) is 6.07 Å². The first-order valence-corrected chi connectivity index (χ1v) is 9.85. The van der Waals surface area contributed by atoms with Crippen molar-refractivity contribution in [3.63, 3.8) is 0 Å². The molecule has 1 N–H and O–H groups in total. The molecular weight excluding hydrogens is 392 g/mol. The molecule has 1 heterocycles. The lowest BCUT2D eigenvalue weighted by molar-refractivity contribution is 0.0773. The molecule has 3 rings (SSSR count). The molecule has 1 aliphatic heterocycles. The van der Waals surface area contributed by atoms with Crippen molar-refractivity contribution in [2.75, 3.05) is 32.9 Å². The molecular formula is C21H25F2N5O2. The number of hydrogen-bond donors (Lipinski definition) is 1. The topological polar surface area (TPSA) is 90.3 Å². The van der Waals surface area contributed by atoms with E-state index in [0.717, 1.165) is 5.57 Å². The first-order valence-electron chi connectivity index (χ1n) is 9.85. The number of carbonyl (C=O) groups is 1. The van der Waals surface area contributed by atoms with Gasteiger partial charge in [-0.15, -0.1) is 0 Å². The Kier molecular flexibility index (Phi) is 6.74. The van der Waals surface area contributed by atoms with Gasteiger partial charge < -0.3 is 10.1 Å². The van der Waals surface area contributed by atoms with Crippen LogP contribution in [0.5, 0.6) is 0 Å². The Morgan fingerprint density at radius 1 is 1.40 bits per heavy atom. The van der Waals surface area contributed by atoms with Crippen molar-refractivity contribution < 1.29 is 18.3 Å². The van der Waals surface area contributed by atoms with E-state index in [1.807, 2.05) is 12.2 Å². The summed E-state index contributed by atoms with van der Waals surface area (Å²) in [6.07, 6.45) is 5.86. The third-order valence-electron chi connectivity index (χ3n) is 5.40. The highest BCUT2D eigenvalue weighted by atomic mass is 19.1. The Morgan fingerprint density at radius 2 is 2.20 bits per heavy atom. The summed E-state index contributed by atoms with van der Waals surface area (Å²) < 4.78 is 32.2. The number of nitrogens with one attached hydrogen (secondary N) is 1. The molecule has 1 aromatic rings. The molecule has 30 heavy (non-hydrogen) atoms. The van der Waals surface area contributed by atoms with E-state index in [0.29, 0.717) is 31.5 Å². The van der Waals surface area contributed by atoms with Crippen molar-refractivity contribution in [1.82, 2.24) is 10.2 Å². The quantitative estimate of drug-likeness (QED) is 0.280. The van der Waals surface area contributed by atoms with Gasteiger partial charge in [0.2, 0.25) is 0 Å². The van der Waals surface area contributed by atoms with Crippen LogP contribution in [-0.2, 0) is 4.74 Å². The van der Waals surface area contributed by atoms with Crippen LogP contribution in [0, 0.1) is 5.82 Å². The molecule has 7 nitrogen and oxygen atoms in total. The molecule has 1 amide bonds. The van der Waals surface area contributed by atoms with Crippen LogP contribution < -0.4 is 5.32 Å². The summed E-state index contributed by atoms with van der Waals surface area (Å²) in [5.74, 6) is -0.315. The number of benzene rings is 1. The van der Waals surface area contributed by atoms with Gasteiger partial charge in [-0.1, -0.05) is 41.5 Å². The summed E-state index contributed by atoms with van der Waals surface area (Å²) in [5.41, 5.74) is 8.15. The Morgan fingerprint density at radius 3 is 2.87 bits per heavy atom. The van der Waals surface area contributed by atoms with E-state index >= 15 is 0 Å². The van der Waals surface area contributed by atoms with Crippen LogP contribution in [0.15, 0.2) is 47.6 Å². The smallest absolute Gasteiger partial charge is 0.411 e. The van der Waals surface area contributed by atoms with Crippen molar-refractivity contribution in [2.24, 2.45) is 5.11 Å². The normalized spacial score (nSPS) is 25.6. The van der Waals surface area contributed by atoms with E-state index in [4.69, 9.17) is 10.3 Å². The number of nitrogens with zero attached hydrogens (tertiary/aromatic N) is 4. The van der Waals surface area contributed by atoms with Gasteiger partial charge in [-0.25, -0.2) is 9.18 Å². The van der Waals surface area contributed by atoms with Crippen molar-refractivity contribution in [2.45, 2.75) is 30.9 Å². The average molecular weight is 417 g/mol. The number of carbonyl (C=O) groups excluding carboxylic acids is 1. The van der Waals surface area contributed by atoms with Crippen LogP contribution in [0.3, 0.4) is 0 Å². The maximum Gasteiger partial charge on any atom is 0.411 e. The molecule has 0 spiro atoms. The highest BCUT2D eigenvalue weighted by Gasteiger charge is 2.49. The van der Waals surface area contributed by atoms with E-state index in [-0.39, 0.29) is 18.9 Å². The fraction of sp³-hybridized carbons (Fsp3) is 0.476. The Hall–Kier alpha value is -2.90. The lowest BCUT2D eigenvalue weighted by Crippen LogP contribution is -2.55. The van der Waals surface area contributed by atoms with Crippen molar-refractivity contribution in [1.29, 1.82) is 0 Å². The van der Waals surface area contributed by atoms with Crippen LogP contribution in [0.25, 0.3) is 16.0 Å². The molecule has 1 saturated heterocycles. The van der Waals surface area contributed by atoms with Crippen molar-refractivity contribution >= 4 is 11.7 Å². The number of alkyl halides is 1. The van der Waals surface area contributed by atoms with Crippen LogP contribution in [0.2, 0.25) is 0 Å². The molecule has 1 aliphatic carbocycles. The maximum absolute atomic E-state index is 14.2. The first kappa shape index (κ1) is 21.8. The van der Waals surface area contributed by atoms with Crippen LogP contribution in [0.1, 0.15) is 25.3 Å². The zero-order chi connectivity index (χ0) is 21.6. The van der Waals surface area contributed by atoms with Crippen LogP contribution in [0.4, 0.5) is 13.6 Å². The minimum Gasteiger partial charge on any atom is -0.441 e. The summed E-state index contributed by atoms with van der Waals surface area (Å²) in [4.78, 5) is 17.1. The first-order chi connectivity index (χ1) is 14.4. The van der Waals surface area contributed by atoms with Gasteiger partial charge in [-0.05, 0) is 43.5 Å². The number of cyclic esters (lactones) is 1. The number of hydrogen-bond acceptors (Lipinski definition) is 4. The van der Waals surface area contributed by atoms with Gasteiger partial charge in [0.05, 0.1) is 25.3 Å². The second-order valence-corrected chi connectivity index (χ2v) is 7.79. The van der Waals surface area contributed by atoms with E-state index in [9.17, 15) is 13.6 Å². The van der Waals surface area contributed by atoms with Gasteiger partial charge >= 0.3 is 6.09 Å². The molecule has 1 fully saturated rings. The zero-order valence-corrected chi connectivity index (χ0v) is 16.9. The summed E-state index contributed by atoms with van der Waals surface area (Å²) >= 11 is 0. The van der Waals surface area contributed by atoms with Crippen molar-refractivity contribution in [3.8, 4) is 0 Å². The Labute approximate surface area is 174 Å². The molecule has 9 heteroatoms. The second-order valence-electron chi connectivity index (χ2n) is 7.79. The highest BCUT2D eigenvalue weighted by Crippen LogP contribution is 2.37. The zero-order valence-electron chi connectivity index (χ0n) is 16.9. The van der Waals surface area contributed by atoms with Gasteiger partial charge in [0, 0.05) is 17.0 Å². The lowest BCUT2D eigenvalue weighted by Gasteiger charge is -2.40. The number of ether oxygens (including phenoxy) is 1. The molecule has 0 bridgehead atoms. The molecule has 160 valence electrons. The van der Waals surface area contributed by atoms with Gasteiger partial charge in [0.25, 0.3) is 0 Å². The van der Waals surface area contributed by atoms with Crippen LogP contribution >= 0.6 is 0 Å². The molecule has 1 unspecified atom stereocenters. The minimum absolute atomic E-state index is 0.0249. The lowest BCUT2D eigenvalue weighted by atomic mass is 9.84.